The second-order valence-electron chi connectivity index (χ2n) is 10.8. The molecule has 0 spiro atoms. The summed E-state index contributed by atoms with van der Waals surface area (Å²) in [7, 11) is 0. The van der Waals surface area contributed by atoms with Crippen LogP contribution in [0.5, 0.6) is 0 Å². The first kappa shape index (κ1) is 17.4. The van der Waals surface area contributed by atoms with Gasteiger partial charge in [-0.25, -0.2) is 0 Å². The Morgan fingerprint density at radius 2 is 0.911 bits per heavy atom. The van der Waals surface area contributed by atoms with Crippen molar-refractivity contribution in [1.82, 2.24) is 0 Å². The molecular formula is C44H28O. The SMILES string of the molecule is [2H]c1c([2H])c([2H])c(-c2c3ccccc3c(-c3c([2H])c([2H])c4c(oc5c([2H])c([2H])c([2H])c(-c6ccccc6)c54)c3[2H])c3ccccc23)c(-c2ccccc2)c1[2H]. The third-order valence-corrected chi connectivity index (χ3v) is 8.32. The van der Waals surface area contributed by atoms with Crippen molar-refractivity contribution in [3.8, 4) is 44.5 Å². The van der Waals surface area contributed by atoms with Crippen LogP contribution in [-0.4, -0.2) is 0 Å². The average Bonchev–Trinajstić information content (AvgIpc) is 3.61. The molecule has 1 nitrogen and oxygen atoms in total. The van der Waals surface area contributed by atoms with Gasteiger partial charge in [-0.05, 0) is 84.2 Å². The molecule has 210 valence electrons. The van der Waals surface area contributed by atoms with Crippen LogP contribution in [0.2, 0.25) is 0 Å². The molecule has 0 unspecified atom stereocenters. The molecule has 9 rings (SSSR count). The van der Waals surface area contributed by atoms with Gasteiger partial charge in [-0.2, -0.15) is 0 Å². The van der Waals surface area contributed by atoms with Crippen molar-refractivity contribution in [2.75, 3.05) is 0 Å². The molecule has 45 heavy (non-hydrogen) atoms. The third kappa shape index (κ3) is 4.09. The molecule has 0 radical (unpaired) electrons. The Bertz CT molecular complexity index is 3030. The van der Waals surface area contributed by atoms with Gasteiger partial charge in [0.2, 0.25) is 0 Å². The summed E-state index contributed by atoms with van der Waals surface area (Å²) in [5.41, 5.74) is 3.22. The quantitative estimate of drug-likeness (QED) is 0.188. The van der Waals surface area contributed by atoms with Gasteiger partial charge >= 0.3 is 0 Å². The minimum atomic E-state index is -0.372. The Balaban J connectivity index is 1.45. The third-order valence-electron chi connectivity index (χ3n) is 8.32. The maximum Gasteiger partial charge on any atom is 0.136 e. The van der Waals surface area contributed by atoms with E-state index < -0.39 is 0 Å². The van der Waals surface area contributed by atoms with Gasteiger partial charge in [0, 0.05) is 10.8 Å². The topological polar surface area (TPSA) is 13.1 Å². The van der Waals surface area contributed by atoms with Gasteiger partial charge in [-0.3, -0.25) is 0 Å². The molecule has 0 amide bonds. The molecule has 9 aromatic rings. The van der Waals surface area contributed by atoms with E-state index in [2.05, 4.69) is 0 Å². The average molecular weight is 583 g/mol. The lowest BCUT2D eigenvalue weighted by molar-refractivity contribution is 0.669. The molecule has 0 N–H and O–H groups in total. The summed E-state index contributed by atoms with van der Waals surface area (Å²) in [4.78, 5) is 0. The molecule has 0 aliphatic rings. The van der Waals surface area contributed by atoms with E-state index in [1.807, 2.05) is 84.9 Å². The highest BCUT2D eigenvalue weighted by molar-refractivity contribution is 6.23. The molecular weight excluding hydrogens is 544 g/mol. The van der Waals surface area contributed by atoms with Crippen molar-refractivity contribution in [2.24, 2.45) is 0 Å². The Morgan fingerprint density at radius 1 is 0.378 bits per heavy atom. The van der Waals surface area contributed by atoms with Crippen LogP contribution in [0.25, 0.3) is 88.0 Å². The van der Waals surface area contributed by atoms with Crippen molar-refractivity contribution in [3.63, 3.8) is 0 Å². The summed E-state index contributed by atoms with van der Waals surface area (Å²) < 4.78 is 96.8. The molecule has 0 aliphatic carbocycles. The molecule has 1 heteroatoms. The lowest BCUT2D eigenvalue weighted by atomic mass is 9.84. The monoisotopic (exact) mass is 582 g/mol. The Labute approximate surface area is 275 Å². The first-order chi connectivity index (χ1) is 26.5. The van der Waals surface area contributed by atoms with Crippen molar-refractivity contribution >= 4 is 43.5 Å². The number of hydrogen-bond donors (Lipinski definition) is 0. The lowest BCUT2D eigenvalue weighted by Gasteiger charge is -2.19. The highest BCUT2D eigenvalue weighted by Crippen LogP contribution is 2.47. The molecule has 0 aliphatic heterocycles. The van der Waals surface area contributed by atoms with E-state index in [1.165, 1.54) is 0 Å². The number of benzene rings is 8. The first-order valence-electron chi connectivity index (χ1n) is 19.6. The van der Waals surface area contributed by atoms with E-state index in [0.29, 0.717) is 54.9 Å². The summed E-state index contributed by atoms with van der Waals surface area (Å²) in [6.07, 6.45) is 0. The van der Waals surface area contributed by atoms with Crippen molar-refractivity contribution < 1.29 is 18.1 Å². The van der Waals surface area contributed by atoms with Crippen LogP contribution in [0.15, 0.2) is 174 Å². The van der Waals surface area contributed by atoms with E-state index in [4.69, 9.17) is 12.6 Å². The van der Waals surface area contributed by atoms with Crippen LogP contribution in [0.1, 0.15) is 13.7 Å². The fraction of sp³-hybridized carbons (Fsp3) is 0. The highest BCUT2D eigenvalue weighted by atomic mass is 16.3. The van der Waals surface area contributed by atoms with E-state index in [0.717, 1.165) is 0 Å². The Kier molecular flexibility index (Phi) is 4.01. The van der Waals surface area contributed by atoms with E-state index >= 15 is 0 Å². The standard InChI is InChI=1S/C44H28O/c1-3-14-29(15-4-1)32-18-7-8-19-34(32)43-37-22-11-9-20-35(37)42(36-21-10-12-23-38(36)43)31-26-27-39-41(28-31)45-40-25-13-24-33(44(39)40)30-16-5-2-6-17-30/h1-28H/i7D,8D,13D,18D,19D,24D,25D,26D,27D,28D. The summed E-state index contributed by atoms with van der Waals surface area (Å²) in [5, 5.41) is 2.77. The number of furan rings is 1. The van der Waals surface area contributed by atoms with Gasteiger partial charge < -0.3 is 4.42 Å². The van der Waals surface area contributed by atoms with Crippen LogP contribution in [0, 0.1) is 0 Å². The molecule has 1 heterocycles. The zero-order valence-electron chi connectivity index (χ0n) is 33.8. The predicted molar refractivity (Wildman–Crippen MR) is 190 cm³/mol. The summed E-state index contributed by atoms with van der Waals surface area (Å²) in [5.74, 6) is 0. The van der Waals surface area contributed by atoms with Crippen LogP contribution in [-0.2, 0) is 0 Å². The van der Waals surface area contributed by atoms with E-state index in [1.54, 1.807) is 24.3 Å². The zero-order valence-corrected chi connectivity index (χ0v) is 23.8. The number of hydrogen-bond acceptors (Lipinski definition) is 1. The maximum absolute atomic E-state index is 9.68. The van der Waals surface area contributed by atoms with E-state index in [-0.39, 0.29) is 93.5 Å². The fourth-order valence-corrected chi connectivity index (χ4v) is 6.38. The number of fused-ring (bicyclic) bond motifs is 5. The second-order valence-corrected chi connectivity index (χ2v) is 10.8. The summed E-state index contributed by atoms with van der Waals surface area (Å²) in [6.45, 7) is 0. The first-order valence-corrected chi connectivity index (χ1v) is 14.6. The Hall–Kier alpha value is -5.92. The molecule has 0 fully saturated rings. The molecule has 0 saturated heterocycles. The lowest BCUT2D eigenvalue weighted by Crippen LogP contribution is -1.92. The largest absolute Gasteiger partial charge is 0.456 e. The normalized spacial score (nSPS) is 14.7. The molecule has 0 atom stereocenters. The van der Waals surface area contributed by atoms with Crippen molar-refractivity contribution in [2.45, 2.75) is 0 Å². The van der Waals surface area contributed by atoms with Gasteiger partial charge in [0.1, 0.15) is 11.2 Å². The second kappa shape index (κ2) is 10.4. The minimum Gasteiger partial charge on any atom is -0.456 e. The Morgan fingerprint density at radius 3 is 1.56 bits per heavy atom. The summed E-state index contributed by atoms with van der Waals surface area (Å²) in [6, 6.07) is 30.0. The molecule has 1 aromatic heterocycles. The van der Waals surface area contributed by atoms with Crippen LogP contribution >= 0.6 is 0 Å². The maximum atomic E-state index is 9.68. The van der Waals surface area contributed by atoms with Gasteiger partial charge in [0.25, 0.3) is 0 Å². The number of rotatable bonds is 4. The molecule has 0 saturated carbocycles. The van der Waals surface area contributed by atoms with Crippen LogP contribution in [0.4, 0.5) is 0 Å². The van der Waals surface area contributed by atoms with Crippen molar-refractivity contribution in [1.29, 1.82) is 0 Å². The highest BCUT2D eigenvalue weighted by Gasteiger charge is 2.20. The smallest absolute Gasteiger partial charge is 0.136 e. The van der Waals surface area contributed by atoms with Crippen molar-refractivity contribution in [3.05, 3.63) is 170 Å². The van der Waals surface area contributed by atoms with Gasteiger partial charge in [0.05, 0.1) is 13.7 Å². The van der Waals surface area contributed by atoms with Gasteiger partial charge in [-0.1, -0.05) is 151 Å². The van der Waals surface area contributed by atoms with Gasteiger partial charge in [0.15, 0.2) is 0 Å². The minimum absolute atomic E-state index is 0.0369. The van der Waals surface area contributed by atoms with E-state index in [9.17, 15) is 5.48 Å². The molecule has 8 aromatic carbocycles. The zero-order chi connectivity index (χ0) is 38.4. The molecule has 0 bridgehead atoms. The summed E-state index contributed by atoms with van der Waals surface area (Å²) >= 11 is 0. The van der Waals surface area contributed by atoms with Crippen LogP contribution in [0.3, 0.4) is 0 Å². The predicted octanol–water partition coefficient (Wildman–Crippen LogP) is 12.6. The van der Waals surface area contributed by atoms with Crippen LogP contribution < -0.4 is 0 Å². The fourth-order valence-electron chi connectivity index (χ4n) is 6.38. The van der Waals surface area contributed by atoms with Gasteiger partial charge in [-0.15, -0.1) is 0 Å².